The molecule has 1 aliphatic rings. The molecule has 3 aromatic rings. The topological polar surface area (TPSA) is 98.2 Å². The third-order valence-corrected chi connectivity index (χ3v) is 6.94. The predicted molar refractivity (Wildman–Crippen MR) is 116 cm³/mol. The van der Waals surface area contributed by atoms with E-state index in [1.807, 2.05) is 29.6 Å². The largest absolute Gasteiger partial charge is 0.397 e. The van der Waals surface area contributed by atoms with Gasteiger partial charge in [-0.15, -0.1) is 23.1 Å². The number of thiophene rings is 1. The number of anilines is 2. The van der Waals surface area contributed by atoms with Gasteiger partial charge in [-0.2, -0.15) is 0 Å². The van der Waals surface area contributed by atoms with E-state index in [0.29, 0.717) is 17.8 Å². The summed E-state index contributed by atoms with van der Waals surface area (Å²) in [5.74, 6) is -1.20. The van der Waals surface area contributed by atoms with Crippen molar-refractivity contribution in [3.05, 3.63) is 65.0 Å². The molecule has 148 valence electrons. The third-order valence-electron chi connectivity index (χ3n) is 4.72. The predicted octanol–water partition coefficient (Wildman–Crippen LogP) is 4.15. The van der Waals surface area contributed by atoms with Crippen molar-refractivity contribution in [2.24, 2.45) is 5.73 Å². The molecule has 0 bridgehead atoms. The van der Waals surface area contributed by atoms with E-state index in [-0.39, 0.29) is 16.7 Å². The quantitative estimate of drug-likeness (QED) is 0.533. The van der Waals surface area contributed by atoms with E-state index < -0.39 is 12.1 Å². The van der Waals surface area contributed by atoms with E-state index in [1.165, 1.54) is 17.8 Å². The highest BCUT2D eigenvalue weighted by Gasteiger charge is 2.30. The summed E-state index contributed by atoms with van der Waals surface area (Å²) in [6.07, 6.45) is -1.34. The second-order valence-electron chi connectivity index (χ2n) is 6.71. The minimum Gasteiger partial charge on any atom is -0.397 e. The second-order valence-corrected chi connectivity index (χ2v) is 8.90. The number of benzene rings is 2. The van der Waals surface area contributed by atoms with Gasteiger partial charge >= 0.3 is 0 Å². The molecule has 0 saturated heterocycles. The molecule has 4 rings (SSSR count). The van der Waals surface area contributed by atoms with Crippen molar-refractivity contribution in [2.75, 3.05) is 11.1 Å². The summed E-state index contributed by atoms with van der Waals surface area (Å²) in [7, 11) is 0. The number of hydrogen-bond donors (Lipinski definition) is 3. The van der Waals surface area contributed by atoms with Crippen LogP contribution in [0.4, 0.5) is 15.8 Å². The number of alkyl halides is 1. The van der Waals surface area contributed by atoms with Crippen molar-refractivity contribution < 1.29 is 14.0 Å². The number of rotatable bonds is 5. The molecule has 2 aromatic carbocycles. The van der Waals surface area contributed by atoms with Crippen LogP contribution in [0, 0.1) is 0 Å². The zero-order valence-corrected chi connectivity index (χ0v) is 16.9. The van der Waals surface area contributed by atoms with E-state index in [0.717, 1.165) is 20.9 Å². The van der Waals surface area contributed by atoms with Crippen molar-refractivity contribution in [2.45, 2.75) is 22.7 Å². The summed E-state index contributed by atoms with van der Waals surface area (Å²) < 4.78 is 13.9. The molecule has 5 N–H and O–H groups in total. The van der Waals surface area contributed by atoms with Gasteiger partial charge in [0.15, 0.2) is 0 Å². The molecule has 2 amide bonds. The van der Waals surface area contributed by atoms with Crippen molar-refractivity contribution in [3.63, 3.8) is 0 Å². The molecule has 8 heteroatoms. The number of primary amides is 1. The highest BCUT2D eigenvalue weighted by molar-refractivity contribution is 8.01. The molecule has 1 aliphatic heterocycles. The van der Waals surface area contributed by atoms with Crippen LogP contribution < -0.4 is 16.8 Å². The normalized spacial score (nSPS) is 16.2. The molecule has 1 aromatic heterocycles. The summed E-state index contributed by atoms with van der Waals surface area (Å²) in [5.41, 5.74) is 14.3. The summed E-state index contributed by atoms with van der Waals surface area (Å²) in [6.45, 7) is 0. The molecule has 29 heavy (non-hydrogen) atoms. The number of fused-ring (bicyclic) bond motifs is 1. The smallest absolute Gasteiger partial charge is 0.256 e. The fourth-order valence-corrected chi connectivity index (χ4v) is 5.15. The Bertz CT molecular complexity index is 1090. The van der Waals surface area contributed by atoms with Crippen LogP contribution in [0.5, 0.6) is 0 Å². The number of halogens is 1. The van der Waals surface area contributed by atoms with Gasteiger partial charge in [0.2, 0.25) is 12.1 Å². The summed E-state index contributed by atoms with van der Waals surface area (Å²) in [6, 6.07) is 14.4. The van der Waals surface area contributed by atoms with Gasteiger partial charge in [-0.05, 0) is 52.8 Å². The van der Waals surface area contributed by atoms with Gasteiger partial charge in [0, 0.05) is 9.77 Å². The van der Waals surface area contributed by atoms with E-state index >= 15 is 0 Å². The van der Waals surface area contributed by atoms with Crippen LogP contribution >= 0.6 is 23.1 Å². The standard InChI is InChI=1S/C21H18FN3O2S2/c22-19(20(24)26)13-4-3-12-9-18(29-17(12)10-13)21(27)25-15-8-11(5-6-14(15)23)16-2-1-7-28-16/h1-8,10,18-19H,9,23H2,(H2,24,26)(H,25,27). The van der Waals surface area contributed by atoms with Gasteiger partial charge in [-0.3, -0.25) is 9.59 Å². The van der Waals surface area contributed by atoms with Crippen LogP contribution in [0.2, 0.25) is 0 Å². The molecule has 0 spiro atoms. The number of nitrogens with two attached hydrogens (primary N) is 2. The van der Waals surface area contributed by atoms with Crippen molar-refractivity contribution in [1.29, 1.82) is 0 Å². The number of amides is 2. The molecule has 0 aliphatic carbocycles. The van der Waals surface area contributed by atoms with Gasteiger partial charge < -0.3 is 16.8 Å². The van der Waals surface area contributed by atoms with Crippen LogP contribution in [-0.2, 0) is 16.0 Å². The Morgan fingerprint density at radius 1 is 1.17 bits per heavy atom. The highest BCUT2D eigenvalue weighted by atomic mass is 32.2. The minimum absolute atomic E-state index is 0.172. The lowest BCUT2D eigenvalue weighted by atomic mass is 10.0. The molecule has 0 fully saturated rings. The maximum atomic E-state index is 13.9. The number of carbonyl (C=O) groups excluding carboxylic acids is 2. The Kier molecular flexibility index (Phi) is 5.29. The van der Waals surface area contributed by atoms with Crippen LogP contribution in [0.15, 0.2) is 58.8 Å². The van der Waals surface area contributed by atoms with Crippen LogP contribution in [0.1, 0.15) is 17.3 Å². The Morgan fingerprint density at radius 2 is 2.00 bits per heavy atom. The lowest BCUT2D eigenvalue weighted by molar-refractivity contribution is -0.123. The summed E-state index contributed by atoms with van der Waals surface area (Å²) in [5, 5.41) is 4.54. The second kappa shape index (κ2) is 7.88. The van der Waals surface area contributed by atoms with Gasteiger partial charge in [0.25, 0.3) is 5.91 Å². The molecular weight excluding hydrogens is 409 g/mol. The van der Waals surface area contributed by atoms with Crippen molar-refractivity contribution in [1.82, 2.24) is 0 Å². The first kappa shape index (κ1) is 19.5. The molecule has 0 radical (unpaired) electrons. The fraction of sp³-hybridized carbons (Fsp3) is 0.143. The summed E-state index contributed by atoms with van der Waals surface area (Å²) in [4.78, 5) is 25.8. The van der Waals surface area contributed by atoms with Crippen LogP contribution in [-0.4, -0.2) is 17.1 Å². The number of nitrogens with one attached hydrogen (secondary N) is 1. The monoisotopic (exact) mass is 427 g/mol. The fourth-order valence-electron chi connectivity index (χ4n) is 3.19. The average Bonchev–Trinajstić information content (AvgIpc) is 3.38. The van der Waals surface area contributed by atoms with Crippen molar-refractivity contribution in [3.8, 4) is 10.4 Å². The van der Waals surface area contributed by atoms with Gasteiger partial charge in [0.05, 0.1) is 16.6 Å². The van der Waals surface area contributed by atoms with E-state index in [9.17, 15) is 14.0 Å². The maximum Gasteiger partial charge on any atom is 0.256 e. The minimum atomic E-state index is -1.85. The van der Waals surface area contributed by atoms with Crippen molar-refractivity contribution >= 4 is 46.3 Å². The van der Waals surface area contributed by atoms with Crippen LogP contribution in [0.3, 0.4) is 0 Å². The number of hydrogen-bond acceptors (Lipinski definition) is 5. The third kappa shape index (κ3) is 3.99. The van der Waals surface area contributed by atoms with Gasteiger partial charge in [-0.1, -0.05) is 24.3 Å². The summed E-state index contributed by atoms with van der Waals surface area (Å²) >= 11 is 2.96. The first-order valence-electron chi connectivity index (χ1n) is 8.89. The first-order chi connectivity index (χ1) is 13.9. The van der Waals surface area contributed by atoms with E-state index in [1.54, 1.807) is 29.5 Å². The molecular formula is C21H18FN3O2S2. The molecule has 0 saturated carbocycles. The first-order valence-corrected chi connectivity index (χ1v) is 10.7. The average molecular weight is 428 g/mol. The number of nitrogen functional groups attached to an aromatic ring is 1. The molecule has 5 nitrogen and oxygen atoms in total. The molecule has 2 heterocycles. The molecule has 2 atom stereocenters. The van der Waals surface area contributed by atoms with Gasteiger partial charge in [-0.25, -0.2) is 4.39 Å². The SMILES string of the molecule is NC(=O)C(F)c1ccc2c(c1)SC(C(=O)Nc1cc(-c3cccs3)ccc1N)C2. The lowest BCUT2D eigenvalue weighted by Gasteiger charge is -2.13. The van der Waals surface area contributed by atoms with E-state index in [2.05, 4.69) is 5.32 Å². The van der Waals surface area contributed by atoms with E-state index in [4.69, 9.17) is 11.5 Å². The van der Waals surface area contributed by atoms with Gasteiger partial charge in [0.1, 0.15) is 0 Å². The zero-order chi connectivity index (χ0) is 20.5. The zero-order valence-electron chi connectivity index (χ0n) is 15.2. The Morgan fingerprint density at radius 3 is 2.72 bits per heavy atom. The van der Waals surface area contributed by atoms with Crippen LogP contribution in [0.25, 0.3) is 10.4 Å². The number of carbonyl (C=O) groups is 2. The number of thioether (sulfide) groups is 1. The molecule has 2 unspecified atom stereocenters. The lowest BCUT2D eigenvalue weighted by Crippen LogP contribution is -2.25. The Balaban J connectivity index is 1.50. The Labute approximate surface area is 175 Å². The Hall–Kier alpha value is -2.84. The highest BCUT2D eigenvalue weighted by Crippen LogP contribution is 2.40. The maximum absolute atomic E-state index is 13.9.